The SMILES string of the molecule is CC(C)(C)OC(=O)N1CCC(CN2CC(N)CC2=O)CC1. The number of hydrogen-bond donors (Lipinski definition) is 1. The Balaban J connectivity index is 1.76. The van der Waals surface area contributed by atoms with Crippen LogP contribution in [-0.2, 0) is 9.53 Å². The molecule has 120 valence electrons. The van der Waals surface area contributed by atoms with Crippen LogP contribution in [0.5, 0.6) is 0 Å². The van der Waals surface area contributed by atoms with E-state index in [9.17, 15) is 9.59 Å². The molecule has 0 aromatic rings. The average Bonchev–Trinajstić information content (AvgIpc) is 2.66. The summed E-state index contributed by atoms with van der Waals surface area (Å²) in [5.41, 5.74) is 5.36. The Morgan fingerprint density at radius 1 is 1.33 bits per heavy atom. The predicted octanol–water partition coefficient (Wildman–Crippen LogP) is 1.19. The number of piperidine rings is 1. The van der Waals surface area contributed by atoms with Crippen LogP contribution in [-0.4, -0.2) is 59.6 Å². The van der Waals surface area contributed by atoms with Gasteiger partial charge in [-0.05, 0) is 39.5 Å². The first-order chi connectivity index (χ1) is 9.74. The highest BCUT2D eigenvalue weighted by molar-refractivity contribution is 5.79. The van der Waals surface area contributed by atoms with E-state index in [1.54, 1.807) is 4.90 Å². The molecule has 2 aliphatic rings. The van der Waals surface area contributed by atoms with Crippen LogP contribution < -0.4 is 5.73 Å². The lowest BCUT2D eigenvalue weighted by Gasteiger charge is -2.34. The van der Waals surface area contributed by atoms with Crippen LogP contribution in [0.15, 0.2) is 0 Å². The summed E-state index contributed by atoms with van der Waals surface area (Å²) in [6.45, 7) is 8.47. The standard InChI is InChI=1S/C15H27N3O3/c1-15(2,3)21-14(20)17-6-4-11(5-7-17)9-18-10-12(16)8-13(18)19/h11-12H,4-10,16H2,1-3H3. The van der Waals surface area contributed by atoms with Gasteiger partial charge in [0.25, 0.3) is 0 Å². The van der Waals surface area contributed by atoms with Gasteiger partial charge in [0.05, 0.1) is 0 Å². The van der Waals surface area contributed by atoms with E-state index in [1.165, 1.54) is 0 Å². The number of carbonyl (C=O) groups excluding carboxylic acids is 2. The first-order valence-electron chi connectivity index (χ1n) is 7.76. The molecule has 2 heterocycles. The lowest BCUT2D eigenvalue weighted by molar-refractivity contribution is -0.128. The summed E-state index contributed by atoms with van der Waals surface area (Å²) in [5, 5.41) is 0. The zero-order valence-electron chi connectivity index (χ0n) is 13.3. The van der Waals surface area contributed by atoms with Crippen molar-refractivity contribution in [3.05, 3.63) is 0 Å². The van der Waals surface area contributed by atoms with Crippen LogP contribution in [0.2, 0.25) is 0 Å². The Hall–Kier alpha value is -1.30. The van der Waals surface area contributed by atoms with E-state index in [-0.39, 0.29) is 18.0 Å². The van der Waals surface area contributed by atoms with E-state index in [0.29, 0.717) is 32.0 Å². The number of carbonyl (C=O) groups is 2. The molecule has 2 aliphatic heterocycles. The van der Waals surface area contributed by atoms with Crippen molar-refractivity contribution >= 4 is 12.0 Å². The molecule has 2 rings (SSSR count). The summed E-state index contributed by atoms with van der Waals surface area (Å²) in [5.74, 6) is 0.620. The highest BCUT2D eigenvalue weighted by atomic mass is 16.6. The molecule has 0 aromatic heterocycles. The molecule has 0 aromatic carbocycles. The third kappa shape index (κ3) is 4.59. The van der Waals surface area contributed by atoms with Crippen LogP contribution >= 0.6 is 0 Å². The Kier molecular flexibility index (Phi) is 4.76. The van der Waals surface area contributed by atoms with Crippen LogP contribution in [0, 0.1) is 5.92 Å². The summed E-state index contributed by atoms with van der Waals surface area (Å²) < 4.78 is 5.38. The normalized spacial score (nSPS) is 24.6. The minimum atomic E-state index is -0.452. The highest BCUT2D eigenvalue weighted by Crippen LogP contribution is 2.22. The van der Waals surface area contributed by atoms with E-state index in [1.807, 2.05) is 25.7 Å². The number of rotatable bonds is 2. The van der Waals surface area contributed by atoms with Crippen molar-refractivity contribution < 1.29 is 14.3 Å². The van der Waals surface area contributed by atoms with Gasteiger partial charge < -0.3 is 20.3 Å². The van der Waals surface area contributed by atoms with E-state index in [2.05, 4.69) is 0 Å². The summed E-state index contributed by atoms with van der Waals surface area (Å²) in [6, 6.07) is -0.0145. The largest absolute Gasteiger partial charge is 0.444 e. The first-order valence-corrected chi connectivity index (χ1v) is 7.76. The molecule has 0 radical (unpaired) electrons. The molecule has 1 unspecified atom stereocenters. The molecule has 2 N–H and O–H groups in total. The minimum absolute atomic E-state index is 0.0145. The van der Waals surface area contributed by atoms with Crippen LogP contribution in [0.25, 0.3) is 0 Å². The van der Waals surface area contributed by atoms with E-state index < -0.39 is 5.60 Å². The molecule has 1 atom stereocenters. The van der Waals surface area contributed by atoms with Crippen molar-refractivity contribution in [1.29, 1.82) is 0 Å². The summed E-state index contributed by atoms with van der Waals surface area (Å²) in [4.78, 5) is 27.4. The third-order valence-electron chi connectivity index (χ3n) is 3.99. The van der Waals surface area contributed by atoms with Gasteiger partial charge in [-0.1, -0.05) is 0 Å². The van der Waals surface area contributed by atoms with E-state index in [0.717, 1.165) is 19.4 Å². The molecule has 0 saturated carbocycles. The quantitative estimate of drug-likeness (QED) is 0.831. The lowest BCUT2D eigenvalue weighted by Crippen LogP contribution is -2.44. The van der Waals surface area contributed by atoms with E-state index >= 15 is 0 Å². The number of nitrogens with zero attached hydrogens (tertiary/aromatic N) is 2. The van der Waals surface area contributed by atoms with Crippen molar-refractivity contribution in [1.82, 2.24) is 9.80 Å². The maximum atomic E-state index is 12.0. The van der Waals surface area contributed by atoms with Gasteiger partial charge in [-0.3, -0.25) is 4.79 Å². The predicted molar refractivity (Wildman–Crippen MR) is 79.7 cm³/mol. The third-order valence-corrected chi connectivity index (χ3v) is 3.99. The molecule has 0 bridgehead atoms. The first kappa shape index (κ1) is 16.1. The number of amides is 2. The Labute approximate surface area is 126 Å². The summed E-state index contributed by atoms with van der Waals surface area (Å²) >= 11 is 0. The molecular formula is C15H27N3O3. The number of nitrogens with two attached hydrogens (primary N) is 1. The number of likely N-dealkylation sites (tertiary alicyclic amines) is 2. The van der Waals surface area contributed by atoms with Crippen molar-refractivity contribution in [2.24, 2.45) is 11.7 Å². The maximum absolute atomic E-state index is 12.0. The second kappa shape index (κ2) is 6.22. The van der Waals surface area contributed by atoms with E-state index in [4.69, 9.17) is 10.5 Å². The number of hydrogen-bond acceptors (Lipinski definition) is 4. The molecule has 6 nitrogen and oxygen atoms in total. The van der Waals surface area contributed by atoms with Crippen LogP contribution in [0.1, 0.15) is 40.0 Å². The van der Waals surface area contributed by atoms with Crippen molar-refractivity contribution in [3.63, 3.8) is 0 Å². The second-order valence-electron chi connectivity index (χ2n) is 7.17. The Bertz CT molecular complexity index is 397. The second-order valence-corrected chi connectivity index (χ2v) is 7.17. The topological polar surface area (TPSA) is 75.9 Å². The minimum Gasteiger partial charge on any atom is -0.444 e. The van der Waals surface area contributed by atoms with Gasteiger partial charge in [-0.2, -0.15) is 0 Å². The smallest absolute Gasteiger partial charge is 0.410 e. The fourth-order valence-corrected chi connectivity index (χ4v) is 2.92. The Morgan fingerprint density at radius 2 is 1.95 bits per heavy atom. The fraction of sp³-hybridized carbons (Fsp3) is 0.867. The van der Waals surface area contributed by atoms with Crippen molar-refractivity contribution in [2.75, 3.05) is 26.2 Å². The molecule has 2 fully saturated rings. The molecule has 21 heavy (non-hydrogen) atoms. The van der Waals surface area contributed by atoms with Gasteiger partial charge in [-0.25, -0.2) is 4.79 Å². The van der Waals surface area contributed by atoms with Gasteiger partial charge in [0.1, 0.15) is 5.60 Å². The van der Waals surface area contributed by atoms with Gasteiger partial charge >= 0.3 is 6.09 Å². The van der Waals surface area contributed by atoms with Gasteiger partial charge in [0, 0.05) is 38.6 Å². The van der Waals surface area contributed by atoms with Gasteiger partial charge in [-0.15, -0.1) is 0 Å². The molecule has 0 aliphatic carbocycles. The van der Waals surface area contributed by atoms with Crippen LogP contribution in [0.4, 0.5) is 4.79 Å². The van der Waals surface area contributed by atoms with Crippen LogP contribution in [0.3, 0.4) is 0 Å². The van der Waals surface area contributed by atoms with Crippen molar-refractivity contribution in [3.8, 4) is 0 Å². The zero-order chi connectivity index (χ0) is 15.6. The van der Waals surface area contributed by atoms with Crippen molar-refractivity contribution in [2.45, 2.75) is 51.7 Å². The lowest BCUT2D eigenvalue weighted by atomic mass is 9.96. The van der Waals surface area contributed by atoms with Gasteiger partial charge in [0.2, 0.25) is 5.91 Å². The number of ether oxygens (including phenoxy) is 1. The monoisotopic (exact) mass is 297 g/mol. The highest BCUT2D eigenvalue weighted by Gasteiger charge is 2.31. The van der Waals surface area contributed by atoms with Gasteiger partial charge in [0.15, 0.2) is 0 Å². The summed E-state index contributed by atoms with van der Waals surface area (Å²) in [6.07, 6.45) is 2.06. The fourth-order valence-electron chi connectivity index (χ4n) is 2.92. The average molecular weight is 297 g/mol. The molecule has 0 spiro atoms. The zero-order valence-corrected chi connectivity index (χ0v) is 13.3. The maximum Gasteiger partial charge on any atom is 0.410 e. The summed E-state index contributed by atoms with van der Waals surface area (Å²) in [7, 11) is 0. The molecule has 2 amide bonds. The molecule has 6 heteroatoms. The molecule has 2 saturated heterocycles. The molecular weight excluding hydrogens is 270 g/mol. The Morgan fingerprint density at radius 3 is 2.43 bits per heavy atom.